The molecule has 17 heavy (non-hydrogen) atoms. The Morgan fingerprint density at radius 2 is 2.00 bits per heavy atom. The van der Waals surface area contributed by atoms with Gasteiger partial charge in [-0.05, 0) is 51.2 Å². The summed E-state index contributed by atoms with van der Waals surface area (Å²) in [5, 5.41) is 3.52. The van der Waals surface area contributed by atoms with Crippen molar-refractivity contribution in [1.29, 1.82) is 0 Å². The first-order chi connectivity index (χ1) is 8.20. The minimum Gasteiger partial charge on any atom is -0.497 e. The number of rotatable bonds is 3. The molecule has 2 rings (SSSR count). The fraction of sp³-hybridized carbons (Fsp3) is 0.571. The largest absolute Gasteiger partial charge is 0.497 e. The summed E-state index contributed by atoms with van der Waals surface area (Å²) in [6.07, 6.45) is 2.43. The van der Waals surface area contributed by atoms with Gasteiger partial charge in [0, 0.05) is 6.54 Å². The van der Waals surface area contributed by atoms with Gasteiger partial charge in [-0.1, -0.05) is 12.1 Å². The van der Waals surface area contributed by atoms with Crippen LogP contribution in [0, 0.1) is 0 Å². The third kappa shape index (κ3) is 2.45. The van der Waals surface area contributed by atoms with Crippen LogP contribution in [0.25, 0.3) is 0 Å². The molecule has 3 nitrogen and oxygen atoms in total. The number of likely N-dealkylation sites (N-methyl/N-ethyl adjacent to an activating group) is 2. The van der Waals surface area contributed by atoms with Crippen molar-refractivity contribution in [1.82, 2.24) is 10.2 Å². The van der Waals surface area contributed by atoms with E-state index in [9.17, 15) is 0 Å². The second kappa shape index (κ2) is 5.07. The maximum Gasteiger partial charge on any atom is 0.118 e. The van der Waals surface area contributed by atoms with Crippen molar-refractivity contribution in [3.8, 4) is 5.75 Å². The van der Waals surface area contributed by atoms with Crippen molar-refractivity contribution < 1.29 is 4.74 Å². The molecular weight excluding hydrogens is 212 g/mol. The summed E-state index contributed by atoms with van der Waals surface area (Å²) in [5.41, 5.74) is 1.45. The third-order valence-electron chi connectivity index (χ3n) is 3.80. The lowest BCUT2D eigenvalue weighted by Gasteiger charge is -2.42. The maximum atomic E-state index is 5.21. The number of likely N-dealkylation sites (tertiary alicyclic amines) is 1. The second-order valence-electron chi connectivity index (χ2n) is 4.90. The molecule has 1 aliphatic rings. The Bertz CT molecular complexity index is 363. The van der Waals surface area contributed by atoms with Gasteiger partial charge in [-0.25, -0.2) is 0 Å². The van der Waals surface area contributed by atoms with E-state index in [-0.39, 0.29) is 5.54 Å². The van der Waals surface area contributed by atoms with Gasteiger partial charge in [-0.15, -0.1) is 0 Å². The van der Waals surface area contributed by atoms with Crippen LogP contribution in [0.3, 0.4) is 0 Å². The van der Waals surface area contributed by atoms with E-state index in [1.54, 1.807) is 7.11 Å². The molecule has 0 saturated carbocycles. The Hall–Kier alpha value is -1.06. The fourth-order valence-corrected chi connectivity index (χ4v) is 2.76. The van der Waals surface area contributed by atoms with Crippen molar-refractivity contribution in [3.63, 3.8) is 0 Å². The van der Waals surface area contributed by atoms with Crippen LogP contribution in [0.5, 0.6) is 5.75 Å². The number of ether oxygens (including phenoxy) is 1. The molecule has 94 valence electrons. The fourth-order valence-electron chi connectivity index (χ4n) is 2.76. The number of methoxy groups -OCH3 is 1. The molecule has 1 aromatic carbocycles. The van der Waals surface area contributed by atoms with Gasteiger partial charge in [-0.2, -0.15) is 0 Å². The summed E-state index contributed by atoms with van der Waals surface area (Å²) in [6, 6.07) is 8.44. The predicted octanol–water partition coefficient (Wildman–Crippen LogP) is 1.84. The van der Waals surface area contributed by atoms with Gasteiger partial charge < -0.3 is 15.0 Å². The first-order valence-corrected chi connectivity index (χ1v) is 6.22. The van der Waals surface area contributed by atoms with Crippen molar-refractivity contribution in [2.45, 2.75) is 18.4 Å². The van der Waals surface area contributed by atoms with Gasteiger partial charge in [0.1, 0.15) is 5.75 Å². The smallest absolute Gasteiger partial charge is 0.118 e. The first kappa shape index (κ1) is 12.4. The SMILES string of the molecule is CNC1(c2ccc(OC)cc2)CCCN(C)C1. The monoisotopic (exact) mass is 234 g/mol. The van der Waals surface area contributed by atoms with Gasteiger partial charge >= 0.3 is 0 Å². The summed E-state index contributed by atoms with van der Waals surface area (Å²) in [5.74, 6) is 0.921. The summed E-state index contributed by atoms with van der Waals surface area (Å²) < 4.78 is 5.21. The summed E-state index contributed by atoms with van der Waals surface area (Å²) >= 11 is 0. The van der Waals surface area contributed by atoms with E-state index in [0.29, 0.717) is 0 Å². The minimum atomic E-state index is 0.0965. The maximum absolute atomic E-state index is 5.21. The minimum absolute atomic E-state index is 0.0965. The lowest BCUT2D eigenvalue weighted by molar-refractivity contribution is 0.152. The Labute approximate surface area is 104 Å². The molecule has 3 heteroatoms. The average Bonchev–Trinajstić information content (AvgIpc) is 2.38. The Morgan fingerprint density at radius 3 is 2.53 bits per heavy atom. The van der Waals surface area contributed by atoms with E-state index in [1.807, 2.05) is 12.1 Å². The van der Waals surface area contributed by atoms with E-state index in [0.717, 1.165) is 12.3 Å². The van der Waals surface area contributed by atoms with E-state index in [4.69, 9.17) is 4.74 Å². The Morgan fingerprint density at radius 1 is 1.29 bits per heavy atom. The highest BCUT2D eigenvalue weighted by Crippen LogP contribution is 2.31. The molecule has 0 spiro atoms. The molecule has 1 unspecified atom stereocenters. The summed E-state index contributed by atoms with van der Waals surface area (Å²) in [6.45, 7) is 2.26. The highest BCUT2D eigenvalue weighted by molar-refractivity contribution is 5.32. The molecule has 1 aliphatic heterocycles. The number of nitrogens with zero attached hydrogens (tertiary/aromatic N) is 1. The van der Waals surface area contributed by atoms with Crippen LogP contribution in [-0.4, -0.2) is 39.2 Å². The molecule has 1 aromatic rings. The number of nitrogens with one attached hydrogen (secondary N) is 1. The predicted molar refractivity (Wildman–Crippen MR) is 70.5 cm³/mol. The van der Waals surface area contributed by atoms with E-state index in [2.05, 4.69) is 36.4 Å². The van der Waals surface area contributed by atoms with Gasteiger partial charge in [0.2, 0.25) is 0 Å². The average molecular weight is 234 g/mol. The van der Waals surface area contributed by atoms with Crippen LogP contribution < -0.4 is 10.1 Å². The lowest BCUT2D eigenvalue weighted by atomic mass is 9.82. The van der Waals surface area contributed by atoms with E-state index >= 15 is 0 Å². The first-order valence-electron chi connectivity index (χ1n) is 6.22. The van der Waals surface area contributed by atoms with Gasteiger partial charge in [0.05, 0.1) is 12.6 Å². The molecule has 0 radical (unpaired) electrons. The van der Waals surface area contributed by atoms with Crippen molar-refractivity contribution in [2.24, 2.45) is 0 Å². The van der Waals surface area contributed by atoms with Gasteiger partial charge in [0.15, 0.2) is 0 Å². The van der Waals surface area contributed by atoms with Crippen LogP contribution in [0.1, 0.15) is 18.4 Å². The zero-order chi connectivity index (χ0) is 12.3. The van der Waals surface area contributed by atoms with Crippen LogP contribution in [0.2, 0.25) is 0 Å². The highest BCUT2D eigenvalue weighted by atomic mass is 16.5. The van der Waals surface area contributed by atoms with Gasteiger partial charge in [0.25, 0.3) is 0 Å². The second-order valence-corrected chi connectivity index (χ2v) is 4.90. The molecule has 1 N–H and O–H groups in total. The number of benzene rings is 1. The molecule has 0 aliphatic carbocycles. The molecule has 0 aromatic heterocycles. The topological polar surface area (TPSA) is 24.5 Å². The molecule has 1 atom stereocenters. The van der Waals surface area contributed by atoms with E-state index < -0.39 is 0 Å². The number of piperidine rings is 1. The van der Waals surface area contributed by atoms with Crippen LogP contribution in [0.15, 0.2) is 24.3 Å². The molecule has 1 heterocycles. The van der Waals surface area contributed by atoms with Crippen LogP contribution in [0.4, 0.5) is 0 Å². The van der Waals surface area contributed by atoms with Crippen molar-refractivity contribution in [2.75, 3.05) is 34.3 Å². The van der Waals surface area contributed by atoms with Gasteiger partial charge in [-0.3, -0.25) is 0 Å². The highest BCUT2D eigenvalue weighted by Gasteiger charge is 2.34. The molecule has 1 fully saturated rings. The quantitative estimate of drug-likeness (QED) is 0.863. The zero-order valence-corrected chi connectivity index (χ0v) is 11.0. The standard InChI is InChI=1S/C14H22N2O/c1-15-14(9-4-10-16(2)11-14)12-5-7-13(17-3)8-6-12/h5-8,15H,4,9-11H2,1-3H3. The lowest BCUT2D eigenvalue weighted by Crippen LogP contribution is -2.52. The molecule has 0 amide bonds. The molecular formula is C14H22N2O. The molecule has 1 saturated heterocycles. The summed E-state index contributed by atoms with van der Waals surface area (Å²) in [4.78, 5) is 2.39. The Balaban J connectivity index is 2.26. The number of hydrogen-bond acceptors (Lipinski definition) is 3. The zero-order valence-electron chi connectivity index (χ0n) is 11.0. The van der Waals surface area contributed by atoms with Crippen LogP contribution >= 0.6 is 0 Å². The molecule has 0 bridgehead atoms. The third-order valence-corrected chi connectivity index (χ3v) is 3.80. The number of hydrogen-bond donors (Lipinski definition) is 1. The van der Waals surface area contributed by atoms with E-state index in [1.165, 1.54) is 24.9 Å². The van der Waals surface area contributed by atoms with Crippen LogP contribution in [-0.2, 0) is 5.54 Å². The Kier molecular flexibility index (Phi) is 3.69. The normalized spacial score (nSPS) is 25.8. The van der Waals surface area contributed by atoms with Crippen molar-refractivity contribution in [3.05, 3.63) is 29.8 Å². The van der Waals surface area contributed by atoms with Crippen molar-refractivity contribution >= 4 is 0 Å². The summed E-state index contributed by atoms with van der Waals surface area (Å²) in [7, 11) is 5.95.